The molecule has 0 fully saturated rings. The van der Waals surface area contributed by atoms with E-state index in [0.29, 0.717) is 5.75 Å². The lowest BCUT2D eigenvalue weighted by atomic mass is 9.97. The van der Waals surface area contributed by atoms with Crippen LogP contribution in [0.25, 0.3) is 0 Å². The number of allylic oxidation sites excluding steroid dienone is 1. The van der Waals surface area contributed by atoms with Crippen LogP contribution in [0.3, 0.4) is 0 Å². The van der Waals surface area contributed by atoms with Crippen molar-refractivity contribution in [3.05, 3.63) is 9.95 Å². The standard InChI is InChI=1S/C5H8BBrS/c1-2-5(7)4(6)3-8/h8H,2-3H2,1H3. The summed E-state index contributed by atoms with van der Waals surface area (Å²) in [4.78, 5) is 0. The van der Waals surface area contributed by atoms with Crippen molar-refractivity contribution in [3.8, 4) is 0 Å². The first-order chi connectivity index (χ1) is 3.72. The summed E-state index contributed by atoms with van der Waals surface area (Å²) in [6, 6.07) is 0. The molecule has 0 bridgehead atoms. The lowest BCUT2D eigenvalue weighted by Crippen LogP contribution is -1.85. The molecule has 0 aliphatic carbocycles. The average molecular weight is 191 g/mol. The largest absolute Gasteiger partial charge is 0.176 e. The van der Waals surface area contributed by atoms with Crippen LogP contribution < -0.4 is 0 Å². The molecule has 0 aromatic heterocycles. The van der Waals surface area contributed by atoms with Gasteiger partial charge >= 0.3 is 0 Å². The fourth-order valence-electron chi connectivity index (χ4n) is 0.313. The zero-order valence-electron chi connectivity index (χ0n) is 4.82. The maximum absolute atomic E-state index is 5.48. The Kier molecular flexibility index (Phi) is 4.87. The molecule has 0 unspecified atom stereocenters. The quantitative estimate of drug-likeness (QED) is 0.501. The van der Waals surface area contributed by atoms with Crippen molar-refractivity contribution in [1.82, 2.24) is 0 Å². The van der Waals surface area contributed by atoms with E-state index in [1.165, 1.54) is 0 Å². The third-order valence-electron chi connectivity index (χ3n) is 0.829. The van der Waals surface area contributed by atoms with Gasteiger partial charge in [0.05, 0.1) is 0 Å². The smallest absolute Gasteiger partial charge is 0.110 e. The van der Waals surface area contributed by atoms with Gasteiger partial charge in [-0.25, -0.2) is 0 Å². The van der Waals surface area contributed by atoms with E-state index in [0.717, 1.165) is 16.4 Å². The van der Waals surface area contributed by atoms with Gasteiger partial charge in [-0.1, -0.05) is 28.3 Å². The van der Waals surface area contributed by atoms with Gasteiger partial charge in [-0.3, -0.25) is 0 Å². The summed E-state index contributed by atoms with van der Waals surface area (Å²) in [5, 5.41) is 0. The van der Waals surface area contributed by atoms with Crippen LogP contribution in [-0.2, 0) is 0 Å². The van der Waals surface area contributed by atoms with Crippen LogP contribution in [0.5, 0.6) is 0 Å². The summed E-state index contributed by atoms with van der Waals surface area (Å²) in [5.74, 6) is 0.633. The summed E-state index contributed by atoms with van der Waals surface area (Å²) in [6.07, 6.45) is 0.951. The van der Waals surface area contributed by atoms with Crippen molar-refractivity contribution < 1.29 is 0 Å². The number of hydrogen-bond donors (Lipinski definition) is 1. The van der Waals surface area contributed by atoms with E-state index >= 15 is 0 Å². The Morgan fingerprint density at radius 3 is 2.38 bits per heavy atom. The van der Waals surface area contributed by atoms with Crippen molar-refractivity contribution in [2.24, 2.45) is 0 Å². The van der Waals surface area contributed by atoms with Crippen LogP contribution in [0.1, 0.15) is 13.3 Å². The van der Waals surface area contributed by atoms with E-state index in [4.69, 9.17) is 7.85 Å². The Hall–Kier alpha value is 0.635. The van der Waals surface area contributed by atoms with Crippen LogP contribution in [-0.4, -0.2) is 13.6 Å². The highest BCUT2D eigenvalue weighted by molar-refractivity contribution is 9.11. The minimum absolute atomic E-state index is 0.633. The summed E-state index contributed by atoms with van der Waals surface area (Å²) < 4.78 is 1.06. The predicted octanol–water partition coefficient (Wildman–Crippen LogP) is 2.10. The number of thiol groups is 1. The molecule has 0 amide bonds. The van der Waals surface area contributed by atoms with Gasteiger partial charge in [-0.05, 0) is 10.9 Å². The van der Waals surface area contributed by atoms with Crippen molar-refractivity contribution in [3.63, 3.8) is 0 Å². The van der Waals surface area contributed by atoms with Crippen LogP contribution in [0, 0.1) is 0 Å². The number of halogens is 1. The molecule has 0 heterocycles. The Morgan fingerprint density at radius 2 is 2.25 bits per heavy atom. The molecule has 0 nitrogen and oxygen atoms in total. The molecule has 0 aliphatic heterocycles. The fourth-order valence-corrected chi connectivity index (χ4v) is 0.861. The molecule has 0 saturated heterocycles. The van der Waals surface area contributed by atoms with Gasteiger partial charge in [0.1, 0.15) is 7.85 Å². The molecule has 0 saturated carbocycles. The molecule has 8 heavy (non-hydrogen) atoms. The highest BCUT2D eigenvalue weighted by Gasteiger charge is 1.90. The van der Waals surface area contributed by atoms with E-state index in [2.05, 4.69) is 28.6 Å². The molecule has 0 aromatic rings. The molecule has 3 heteroatoms. The van der Waals surface area contributed by atoms with Gasteiger partial charge in [0.25, 0.3) is 0 Å². The molecular weight excluding hydrogens is 183 g/mol. The maximum atomic E-state index is 5.48. The van der Waals surface area contributed by atoms with Crippen LogP contribution in [0.2, 0.25) is 0 Å². The molecule has 0 aromatic carbocycles. The SMILES string of the molecule is [B]C(CS)=C(Br)CC. The van der Waals surface area contributed by atoms with Crippen LogP contribution >= 0.6 is 28.6 Å². The normalized spacial score (nSPS) is 13.4. The van der Waals surface area contributed by atoms with Crippen LogP contribution in [0.15, 0.2) is 9.95 Å². The minimum atomic E-state index is 0.633. The second kappa shape index (κ2) is 4.51. The molecule has 0 atom stereocenters. The van der Waals surface area contributed by atoms with Gasteiger partial charge in [-0.2, -0.15) is 12.6 Å². The monoisotopic (exact) mass is 190 g/mol. The lowest BCUT2D eigenvalue weighted by Gasteiger charge is -1.97. The second-order valence-electron chi connectivity index (χ2n) is 1.44. The highest BCUT2D eigenvalue weighted by atomic mass is 79.9. The van der Waals surface area contributed by atoms with E-state index in [1.54, 1.807) is 0 Å². The summed E-state index contributed by atoms with van der Waals surface area (Å²) in [5.41, 5.74) is 0.829. The third kappa shape index (κ3) is 2.83. The average Bonchev–Trinajstić information content (AvgIpc) is 1.84. The molecule has 0 rings (SSSR count). The van der Waals surface area contributed by atoms with Gasteiger partial charge < -0.3 is 0 Å². The van der Waals surface area contributed by atoms with Crippen molar-refractivity contribution in [2.75, 3.05) is 5.75 Å². The maximum Gasteiger partial charge on any atom is 0.110 e. The first kappa shape index (κ1) is 8.63. The molecular formula is C5H8BBrS. The third-order valence-corrected chi connectivity index (χ3v) is 2.24. The molecule has 44 valence electrons. The second-order valence-corrected chi connectivity index (χ2v) is 2.72. The van der Waals surface area contributed by atoms with Crippen molar-refractivity contribution >= 4 is 36.4 Å². The number of hydrogen-bond acceptors (Lipinski definition) is 1. The van der Waals surface area contributed by atoms with Crippen molar-refractivity contribution in [1.29, 1.82) is 0 Å². The first-order valence-corrected chi connectivity index (χ1v) is 3.88. The Labute approximate surface area is 65.7 Å². The van der Waals surface area contributed by atoms with Gasteiger partial charge in [-0.15, -0.1) is 0 Å². The number of rotatable bonds is 2. The Balaban J connectivity index is 3.83. The van der Waals surface area contributed by atoms with E-state index in [9.17, 15) is 0 Å². The van der Waals surface area contributed by atoms with Gasteiger partial charge in [0, 0.05) is 5.75 Å². The Bertz CT molecular complexity index is 88.6. The van der Waals surface area contributed by atoms with E-state index < -0.39 is 0 Å². The first-order valence-electron chi connectivity index (χ1n) is 2.46. The zero-order chi connectivity index (χ0) is 6.57. The highest BCUT2D eigenvalue weighted by Crippen LogP contribution is 2.13. The summed E-state index contributed by atoms with van der Waals surface area (Å²) >= 11 is 7.30. The minimum Gasteiger partial charge on any atom is -0.176 e. The molecule has 0 spiro atoms. The van der Waals surface area contributed by atoms with Crippen molar-refractivity contribution in [2.45, 2.75) is 13.3 Å². The van der Waals surface area contributed by atoms with E-state index in [-0.39, 0.29) is 0 Å². The van der Waals surface area contributed by atoms with Crippen LogP contribution in [0.4, 0.5) is 0 Å². The predicted molar refractivity (Wildman–Crippen MR) is 45.9 cm³/mol. The topological polar surface area (TPSA) is 0 Å². The fraction of sp³-hybridized carbons (Fsp3) is 0.600. The molecule has 0 N–H and O–H groups in total. The Morgan fingerprint density at radius 1 is 1.75 bits per heavy atom. The zero-order valence-corrected chi connectivity index (χ0v) is 7.30. The van der Waals surface area contributed by atoms with E-state index in [1.807, 2.05) is 6.92 Å². The lowest BCUT2D eigenvalue weighted by molar-refractivity contribution is 1.19. The van der Waals surface area contributed by atoms with Gasteiger partial charge in [0.2, 0.25) is 0 Å². The van der Waals surface area contributed by atoms with Gasteiger partial charge in [0.15, 0.2) is 0 Å². The molecule has 2 radical (unpaired) electrons. The molecule has 0 aliphatic rings. The summed E-state index contributed by atoms with van der Waals surface area (Å²) in [6.45, 7) is 2.04. The summed E-state index contributed by atoms with van der Waals surface area (Å²) in [7, 11) is 5.48.